The van der Waals surface area contributed by atoms with E-state index >= 15 is 0 Å². The summed E-state index contributed by atoms with van der Waals surface area (Å²) in [6.07, 6.45) is 27.2. The molecule has 0 heterocycles. The van der Waals surface area contributed by atoms with Gasteiger partial charge in [-0.3, -0.25) is 0 Å². The molecule has 16 heavy (non-hydrogen) atoms. The topological polar surface area (TPSA) is 0 Å². The van der Waals surface area contributed by atoms with Crippen LogP contribution in [0.15, 0.2) is 96.5 Å². The molecule has 0 aromatic carbocycles. The maximum Gasteiger partial charge on any atom is -0.0115 e. The smallest absolute Gasteiger partial charge is 0.0115 e. The summed E-state index contributed by atoms with van der Waals surface area (Å²) in [5, 5.41) is 0. The van der Waals surface area contributed by atoms with Gasteiger partial charge in [-0.2, -0.15) is 0 Å². The molecule has 0 amide bonds. The summed E-state index contributed by atoms with van der Waals surface area (Å²) < 4.78 is 0. The zero-order valence-corrected chi connectivity index (χ0v) is 9.08. The maximum absolute atomic E-state index is 2.91. The van der Waals surface area contributed by atoms with E-state index < -0.39 is 0 Å². The summed E-state index contributed by atoms with van der Waals surface area (Å²) in [6.45, 7) is 0. The molecule has 78 valence electrons. The minimum atomic E-state index is 1.82. The highest BCUT2D eigenvalue weighted by Crippen LogP contribution is 1.86. The molecule has 0 bridgehead atoms. The number of hydrogen-bond donors (Lipinski definition) is 0. The average Bonchev–Trinajstić information content (AvgIpc) is 2.29. The predicted octanol–water partition coefficient (Wildman–Crippen LogP) is 4.20. The van der Waals surface area contributed by atoms with Gasteiger partial charge < -0.3 is 0 Å². The lowest BCUT2D eigenvalue weighted by molar-refractivity contribution is 1.83. The summed E-state index contributed by atoms with van der Waals surface area (Å²) in [7, 11) is 0. The zero-order chi connectivity index (χ0) is 11.3. The Morgan fingerprint density at radius 2 is 0.562 bits per heavy atom. The Labute approximate surface area is 97.0 Å². The second kappa shape index (κ2) is 9.30. The summed E-state index contributed by atoms with van der Waals surface area (Å²) >= 11 is 0. The molecular formula is C16H14. The van der Waals surface area contributed by atoms with E-state index in [1.165, 1.54) is 0 Å². The van der Waals surface area contributed by atoms with Gasteiger partial charge in [0.2, 0.25) is 0 Å². The molecule has 0 aliphatic heterocycles. The first kappa shape index (κ1) is 11.8. The van der Waals surface area contributed by atoms with Crippen LogP contribution in [0.1, 0.15) is 0 Å². The summed E-state index contributed by atoms with van der Waals surface area (Å²) in [5.41, 5.74) is 5.82. The van der Waals surface area contributed by atoms with Crippen LogP contribution in [-0.4, -0.2) is 0 Å². The van der Waals surface area contributed by atoms with Gasteiger partial charge in [0.05, 0.1) is 0 Å². The largest absolute Gasteiger partial charge is 0.0702 e. The molecule has 0 unspecified atom stereocenters. The van der Waals surface area contributed by atoms with E-state index in [1.54, 1.807) is 0 Å². The standard InChI is InChI=1S/C16H14/c1-2-4-6-8-10-12-14-16-15-13-11-9-7-5-3-1/h1-14H. The van der Waals surface area contributed by atoms with Crippen molar-refractivity contribution in [1.29, 1.82) is 0 Å². The van der Waals surface area contributed by atoms with Crippen molar-refractivity contribution in [2.75, 3.05) is 0 Å². The minimum absolute atomic E-state index is 1.82. The molecule has 0 nitrogen and oxygen atoms in total. The van der Waals surface area contributed by atoms with Crippen LogP contribution < -0.4 is 0 Å². The fraction of sp³-hybridized carbons (Fsp3) is 0. The summed E-state index contributed by atoms with van der Waals surface area (Å²) in [5.74, 6) is 0. The Kier molecular flexibility index (Phi) is 6.87. The summed E-state index contributed by atoms with van der Waals surface area (Å²) in [6, 6.07) is 0. The van der Waals surface area contributed by atoms with Crippen molar-refractivity contribution in [3.63, 3.8) is 0 Å². The van der Waals surface area contributed by atoms with Crippen molar-refractivity contribution in [2.24, 2.45) is 0 Å². The molecule has 0 atom stereocenters. The second-order valence-corrected chi connectivity index (χ2v) is 2.93. The lowest BCUT2D eigenvalue weighted by Crippen LogP contribution is -1.53. The van der Waals surface area contributed by atoms with Crippen molar-refractivity contribution in [3.8, 4) is 0 Å². The Hall–Kier alpha value is -2.26. The Bertz CT molecular complexity index is 406. The molecule has 0 aromatic rings. The maximum atomic E-state index is 2.91. The molecule has 1 aliphatic carbocycles. The van der Waals surface area contributed by atoms with Crippen LogP contribution in [0.4, 0.5) is 0 Å². The third kappa shape index (κ3) is 7.17. The van der Waals surface area contributed by atoms with Gasteiger partial charge in [0.1, 0.15) is 0 Å². The Morgan fingerprint density at radius 1 is 0.312 bits per heavy atom. The molecule has 0 spiro atoms. The predicted molar refractivity (Wildman–Crippen MR) is 71.0 cm³/mol. The number of allylic oxidation sites excluding steroid dienone is 14. The molecule has 0 aromatic heterocycles. The van der Waals surface area contributed by atoms with Crippen molar-refractivity contribution in [1.82, 2.24) is 0 Å². The molecule has 0 radical (unpaired) electrons. The van der Waals surface area contributed by atoms with Gasteiger partial charge in [0, 0.05) is 0 Å². The van der Waals surface area contributed by atoms with Crippen molar-refractivity contribution < 1.29 is 0 Å². The van der Waals surface area contributed by atoms with Gasteiger partial charge in [0.15, 0.2) is 0 Å². The van der Waals surface area contributed by atoms with Gasteiger partial charge in [-0.1, -0.05) is 84.4 Å². The van der Waals surface area contributed by atoms with E-state index in [0.29, 0.717) is 0 Å². The first-order valence-electron chi connectivity index (χ1n) is 5.16. The fourth-order valence-corrected chi connectivity index (χ4v) is 0.945. The van der Waals surface area contributed by atoms with Gasteiger partial charge >= 0.3 is 0 Å². The molecule has 0 N–H and O–H groups in total. The highest BCUT2D eigenvalue weighted by molar-refractivity contribution is 5.21. The van der Waals surface area contributed by atoms with Crippen molar-refractivity contribution >= 4 is 0 Å². The molecule has 1 rings (SSSR count). The first-order valence-corrected chi connectivity index (χ1v) is 5.16. The molecule has 0 saturated heterocycles. The normalized spacial score (nSPS) is 15.0. The van der Waals surface area contributed by atoms with Gasteiger partial charge in [-0.15, -0.1) is 0 Å². The monoisotopic (exact) mass is 206 g/mol. The number of rotatable bonds is 0. The SMILES string of the molecule is C1=C=CC=CC=CC=CC=CC=CC=CC=1. The van der Waals surface area contributed by atoms with Crippen LogP contribution in [0.25, 0.3) is 0 Å². The highest BCUT2D eigenvalue weighted by atomic mass is 13.7. The van der Waals surface area contributed by atoms with E-state index in [-0.39, 0.29) is 0 Å². The number of hydrogen-bond acceptors (Lipinski definition) is 0. The molecular weight excluding hydrogens is 192 g/mol. The fourth-order valence-electron chi connectivity index (χ4n) is 0.945. The van der Waals surface area contributed by atoms with Crippen LogP contribution in [0.2, 0.25) is 0 Å². The van der Waals surface area contributed by atoms with E-state index in [9.17, 15) is 0 Å². The van der Waals surface area contributed by atoms with Crippen LogP contribution in [0.3, 0.4) is 0 Å². The summed E-state index contributed by atoms with van der Waals surface area (Å²) in [4.78, 5) is 0. The van der Waals surface area contributed by atoms with Gasteiger partial charge in [0.25, 0.3) is 0 Å². The molecule has 0 saturated carbocycles. The Morgan fingerprint density at radius 3 is 0.875 bits per heavy atom. The third-order valence-electron chi connectivity index (χ3n) is 1.66. The molecule has 0 fully saturated rings. The van der Waals surface area contributed by atoms with E-state index in [2.05, 4.69) is 11.5 Å². The van der Waals surface area contributed by atoms with Crippen molar-refractivity contribution in [2.45, 2.75) is 0 Å². The van der Waals surface area contributed by atoms with Crippen LogP contribution >= 0.6 is 0 Å². The highest BCUT2D eigenvalue weighted by Gasteiger charge is 1.64. The minimum Gasteiger partial charge on any atom is -0.0702 e. The van der Waals surface area contributed by atoms with E-state index in [0.717, 1.165) is 0 Å². The lowest BCUT2D eigenvalue weighted by atomic mass is 10.3. The van der Waals surface area contributed by atoms with Crippen LogP contribution in [0.5, 0.6) is 0 Å². The molecule has 0 heteroatoms. The van der Waals surface area contributed by atoms with E-state index in [1.807, 2.05) is 85.1 Å². The van der Waals surface area contributed by atoms with Crippen molar-refractivity contribution in [3.05, 3.63) is 96.5 Å². The zero-order valence-electron chi connectivity index (χ0n) is 9.08. The van der Waals surface area contributed by atoms with E-state index in [4.69, 9.17) is 0 Å². The van der Waals surface area contributed by atoms with Gasteiger partial charge in [-0.05, 0) is 12.2 Å². The van der Waals surface area contributed by atoms with Crippen LogP contribution in [0, 0.1) is 0 Å². The Balaban J connectivity index is 2.80. The molecule has 1 aliphatic rings. The van der Waals surface area contributed by atoms with Crippen LogP contribution in [-0.2, 0) is 0 Å². The second-order valence-electron chi connectivity index (χ2n) is 2.93. The third-order valence-corrected chi connectivity index (χ3v) is 1.66. The lowest BCUT2D eigenvalue weighted by Gasteiger charge is -1.75. The first-order chi connectivity index (χ1) is 8.00. The van der Waals surface area contributed by atoms with Gasteiger partial charge in [-0.25, -0.2) is 0 Å². The average molecular weight is 206 g/mol. The quantitative estimate of drug-likeness (QED) is 0.521.